The van der Waals surface area contributed by atoms with Crippen molar-refractivity contribution in [1.82, 2.24) is 9.62 Å². The van der Waals surface area contributed by atoms with Gasteiger partial charge in [0.15, 0.2) is 14.9 Å². The first kappa shape index (κ1) is 40.7. The van der Waals surface area contributed by atoms with Crippen molar-refractivity contribution in [2.45, 2.75) is 77.5 Å². The largest absolute Gasteiger partial charge is 0.573 e. The summed E-state index contributed by atoms with van der Waals surface area (Å²) in [5, 5.41) is 3.67. The Morgan fingerprint density at radius 3 is 2.37 bits per heavy atom. The van der Waals surface area contributed by atoms with Crippen molar-refractivity contribution in [3.05, 3.63) is 64.6 Å². The van der Waals surface area contributed by atoms with Crippen LogP contribution >= 0.6 is 0 Å². The number of aryl methyl sites for hydroxylation is 1. The Balaban J connectivity index is 1.44. The number of hydrogen-bond acceptors (Lipinski definition) is 9. The van der Waals surface area contributed by atoms with E-state index in [-0.39, 0.29) is 55.5 Å². The minimum Gasteiger partial charge on any atom is -0.456 e. The molecule has 12 nitrogen and oxygen atoms in total. The highest BCUT2D eigenvalue weighted by atomic mass is 32.2. The molecule has 2 aromatic rings. The van der Waals surface area contributed by atoms with Crippen LogP contribution in [0.3, 0.4) is 0 Å². The molecule has 17 heteroatoms. The van der Waals surface area contributed by atoms with Gasteiger partial charge < -0.3 is 24.1 Å². The molecule has 52 heavy (non-hydrogen) atoms. The fourth-order valence-electron chi connectivity index (χ4n) is 5.45. The lowest BCUT2D eigenvalue weighted by molar-refractivity contribution is -0.274. The Kier molecular flexibility index (Phi) is 12.1. The van der Waals surface area contributed by atoms with E-state index in [0.717, 1.165) is 17.5 Å². The summed E-state index contributed by atoms with van der Waals surface area (Å²) >= 11 is 0. The summed E-state index contributed by atoms with van der Waals surface area (Å²) in [4.78, 5) is 43.5. The molecule has 2 heterocycles. The molecule has 2 aliphatic rings. The zero-order valence-electron chi connectivity index (χ0n) is 30.3. The van der Waals surface area contributed by atoms with Crippen LogP contribution in [0.4, 0.5) is 18.9 Å². The molecular weight excluding hydrogens is 722 g/mol. The third-order valence-electron chi connectivity index (χ3n) is 9.50. The number of esters is 1. The first-order valence-corrected chi connectivity index (χ1v) is 21.1. The van der Waals surface area contributed by atoms with Crippen LogP contribution in [0.5, 0.6) is 5.75 Å². The minimum absolute atomic E-state index is 0.0115. The number of benzene rings is 2. The van der Waals surface area contributed by atoms with Crippen molar-refractivity contribution in [1.29, 1.82) is 0 Å². The van der Waals surface area contributed by atoms with E-state index in [0.29, 0.717) is 16.8 Å². The number of hydrogen-bond donors (Lipinski definition) is 1. The molecule has 1 saturated heterocycles. The summed E-state index contributed by atoms with van der Waals surface area (Å²) in [6, 6.07) is 10.2. The summed E-state index contributed by atoms with van der Waals surface area (Å²) in [6.45, 7) is 13.6. The van der Waals surface area contributed by atoms with Crippen LogP contribution in [-0.2, 0) is 33.6 Å². The number of amides is 2. The number of carbonyl (C=O) groups is 3. The molecule has 1 fully saturated rings. The lowest BCUT2D eigenvalue weighted by Crippen LogP contribution is -2.50. The number of halogens is 3. The van der Waals surface area contributed by atoms with E-state index < -0.39 is 60.4 Å². The van der Waals surface area contributed by atoms with Crippen LogP contribution in [0.1, 0.15) is 57.2 Å². The number of ether oxygens (including phenoxy) is 2. The molecule has 0 aliphatic carbocycles. The number of nitrogens with zero attached hydrogens (tertiary/aromatic N) is 3. The molecule has 1 N–H and O–H groups in total. The van der Waals surface area contributed by atoms with E-state index in [1.165, 1.54) is 34.3 Å². The van der Waals surface area contributed by atoms with Gasteiger partial charge in [-0.25, -0.2) is 8.42 Å². The van der Waals surface area contributed by atoms with Crippen molar-refractivity contribution >= 4 is 53.7 Å². The molecule has 2 aromatic carbocycles. The van der Waals surface area contributed by atoms with Gasteiger partial charge in [0, 0.05) is 43.2 Å². The van der Waals surface area contributed by atoms with Crippen LogP contribution in [0.2, 0.25) is 18.1 Å². The number of alkyl halides is 3. The molecule has 0 radical (unpaired) electrons. The second-order valence-corrected chi connectivity index (χ2v) is 20.9. The molecule has 2 amide bonds. The molecule has 0 unspecified atom stereocenters. The summed E-state index contributed by atoms with van der Waals surface area (Å²) in [7, 11) is -6.02. The molecule has 0 saturated carbocycles. The van der Waals surface area contributed by atoms with E-state index in [2.05, 4.69) is 48.9 Å². The van der Waals surface area contributed by atoms with Gasteiger partial charge in [-0.2, -0.15) is 4.31 Å². The fourth-order valence-corrected chi connectivity index (χ4v) is 7.67. The molecule has 284 valence electrons. The van der Waals surface area contributed by atoms with Crippen LogP contribution < -0.4 is 15.0 Å². The molecule has 0 atom stereocenters. The molecular formula is C35H45F3N4O8SSi. The normalized spacial score (nSPS) is 16.9. The van der Waals surface area contributed by atoms with Crippen molar-refractivity contribution in [2.24, 2.45) is 4.99 Å². The quantitative estimate of drug-likeness (QED) is 0.220. The molecule has 0 aromatic heterocycles. The molecule has 0 bridgehead atoms. The maximum atomic E-state index is 13.3. The first-order valence-electron chi connectivity index (χ1n) is 16.7. The third kappa shape index (κ3) is 10.1. The van der Waals surface area contributed by atoms with E-state index in [1.807, 2.05) is 0 Å². The number of sulfonamides is 1. The van der Waals surface area contributed by atoms with Gasteiger partial charge in [0.2, 0.25) is 10.0 Å². The van der Waals surface area contributed by atoms with Gasteiger partial charge in [-0.05, 0) is 79.4 Å². The zero-order valence-corrected chi connectivity index (χ0v) is 32.1. The number of nitrogens with one attached hydrogen (secondary N) is 1. The second-order valence-electron chi connectivity index (χ2n) is 14.2. The Morgan fingerprint density at radius 1 is 1.10 bits per heavy atom. The fraction of sp³-hybridized carbons (Fsp3) is 0.486. The lowest BCUT2D eigenvalue weighted by atomic mass is 9.89. The average Bonchev–Trinajstić information content (AvgIpc) is 3.35. The van der Waals surface area contributed by atoms with Crippen molar-refractivity contribution in [3.8, 4) is 5.75 Å². The highest BCUT2D eigenvalue weighted by Gasteiger charge is 2.47. The van der Waals surface area contributed by atoms with Crippen molar-refractivity contribution in [2.75, 3.05) is 37.7 Å². The lowest BCUT2D eigenvalue weighted by Gasteiger charge is -2.36. The molecule has 1 spiro atoms. The Morgan fingerprint density at radius 2 is 1.77 bits per heavy atom. The van der Waals surface area contributed by atoms with Gasteiger partial charge in [-0.3, -0.25) is 19.4 Å². The van der Waals surface area contributed by atoms with Crippen LogP contribution in [0, 0.1) is 6.92 Å². The summed E-state index contributed by atoms with van der Waals surface area (Å²) in [6.07, 6.45) is -3.29. The van der Waals surface area contributed by atoms with Gasteiger partial charge in [-0.15, -0.1) is 13.2 Å². The van der Waals surface area contributed by atoms with Crippen LogP contribution in [-0.4, -0.2) is 89.4 Å². The predicted molar refractivity (Wildman–Crippen MR) is 193 cm³/mol. The van der Waals surface area contributed by atoms with Gasteiger partial charge in [-0.1, -0.05) is 39.0 Å². The number of rotatable bonds is 12. The standard InChI is InChI=1S/C35H45F3N4O8SSi/c1-24-21-28(42(30(44)23-48-25(2)43)18-19-49-52(6,7)33(3,4)5)12-11-26(24)13-20-51(46,47)41-16-14-34(15-17-41)32(45)39-31(40-34)27-9-8-10-29(22-27)50-35(36,37)38/h8-13,20-22H,14-19,23H2,1-7H3,(H,39,40,45). The maximum absolute atomic E-state index is 13.3. The number of piperidine rings is 1. The summed E-state index contributed by atoms with van der Waals surface area (Å²) in [5.41, 5.74) is 0.775. The first-order chi connectivity index (χ1) is 24.0. The minimum atomic E-state index is -4.88. The van der Waals surface area contributed by atoms with Crippen molar-refractivity contribution in [3.63, 3.8) is 0 Å². The van der Waals surface area contributed by atoms with E-state index in [1.54, 1.807) is 25.1 Å². The summed E-state index contributed by atoms with van der Waals surface area (Å²) in [5.74, 6) is -1.85. The highest BCUT2D eigenvalue weighted by molar-refractivity contribution is 7.92. The number of anilines is 1. The van der Waals surface area contributed by atoms with Gasteiger partial charge >= 0.3 is 12.3 Å². The number of amidine groups is 1. The second kappa shape index (κ2) is 15.5. The number of aliphatic imine (C=N–C) groups is 1. The predicted octanol–water partition coefficient (Wildman–Crippen LogP) is 5.52. The van der Waals surface area contributed by atoms with E-state index in [9.17, 15) is 36.0 Å². The topological polar surface area (TPSA) is 144 Å². The smallest absolute Gasteiger partial charge is 0.456 e. The van der Waals surface area contributed by atoms with E-state index >= 15 is 0 Å². The van der Waals surface area contributed by atoms with Gasteiger partial charge in [0.1, 0.15) is 17.1 Å². The monoisotopic (exact) mass is 766 g/mol. The number of carbonyl (C=O) groups excluding carboxylic acids is 3. The van der Waals surface area contributed by atoms with Gasteiger partial charge in [0.25, 0.3) is 11.8 Å². The Labute approximate surface area is 303 Å². The third-order valence-corrected chi connectivity index (χ3v) is 15.6. The SMILES string of the molecule is CC(=O)OCC(=O)N(CCO[Si](C)(C)C(C)(C)C)c1ccc(C=CS(=O)(=O)N2CCC3(CC2)N=C(c2cccc(OC(F)(F)F)c2)NC3=O)c(C)c1. The van der Waals surface area contributed by atoms with Gasteiger partial charge in [0.05, 0.1) is 6.61 Å². The Hall–Kier alpha value is -4.06. The molecule has 4 rings (SSSR count). The Bertz CT molecular complexity index is 1850. The molecule has 2 aliphatic heterocycles. The van der Waals surface area contributed by atoms with Crippen LogP contribution in [0.15, 0.2) is 52.9 Å². The zero-order chi connectivity index (χ0) is 38.7. The van der Waals surface area contributed by atoms with E-state index in [4.69, 9.17) is 9.16 Å². The maximum Gasteiger partial charge on any atom is 0.573 e. The summed E-state index contributed by atoms with van der Waals surface area (Å²) < 4.78 is 81.3. The van der Waals surface area contributed by atoms with Crippen LogP contribution in [0.25, 0.3) is 6.08 Å². The van der Waals surface area contributed by atoms with Crippen molar-refractivity contribution < 1.29 is 49.9 Å². The highest BCUT2D eigenvalue weighted by Crippen LogP contribution is 2.37. The average molecular weight is 767 g/mol.